The van der Waals surface area contributed by atoms with Gasteiger partial charge in [-0.25, -0.2) is 0 Å². The van der Waals surface area contributed by atoms with E-state index in [1.807, 2.05) is 12.2 Å². The Labute approximate surface area is 129 Å². The Morgan fingerprint density at radius 1 is 1.14 bits per heavy atom. The van der Waals surface area contributed by atoms with Crippen LogP contribution >= 0.6 is 0 Å². The Balaban J connectivity index is 2.55. The van der Waals surface area contributed by atoms with Crippen LogP contribution in [0.25, 0.3) is 0 Å². The van der Waals surface area contributed by atoms with E-state index >= 15 is 0 Å². The van der Waals surface area contributed by atoms with Crippen LogP contribution in [0.5, 0.6) is 0 Å². The lowest BCUT2D eigenvalue weighted by Crippen LogP contribution is -2.18. The molecule has 1 aliphatic carbocycles. The van der Waals surface area contributed by atoms with Gasteiger partial charge in [0.05, 0.1) is 0 Å². The van der Waals surface area contributed by atoms with Crippen LogP contribution in [-0.4, -0.2) is 18.5 Å². The summed E-state index contributed by atoms with van der Waals surface area (Å²) in [5.74, 6) is 0. The summed E-state index contributed by atoms with van der Waals surface area (Å²) >= 11 is 0. The van der Waals surface area contributed by atoms with Gasteiger partial charge in [-0.3, -0.25) is 0 Å². The van der Waals surface area contributed by atoms with E-state index in [0.29, 0.717) is 5.70 Å². The average Bonchev–Trinajstić information content (AvgIpc) is 2.56. The highest BCUT2D eigenvalue weighted by atomic mass is 15.1. The lowest BCUT2D eigenvalue weighted by atomic mass is 10.1. The van der Waals surface area contributed by atoms with E-state index in [1.165, 1.54) is 16.8 Å². The molecule has 0 bridgehead atoms. The second-order valence-electron chi connectivity index (χ2n) is 5.94. The van der Waals surface area contributed by atoms with Gasteiger partial charge in [-0.05, 0) is 45.8 Å². The second kappa shape index (κ2) is 8.40. The van der Waals surface area contributed by atoms with Gasteiger partial charge >= 0.3 is 0 Å². The molecule has 0 amide bonds. The molecule has 0 atom stereocenters. The Hall–Kier alpha value is -1.90. The van der Waals surface area contributed by atoms with Crippen LogP contribution in [0.2, 0.25) is 0 Å². The van der Waals surface area contributed by atoms with Crippen LogP contribution < -0.4 is 11.5 Å². The van der Waals surface area contributed by atoms with Gasteiger partial charge in [-0.15, -0.1) is 0 Å². The lowest BCUT2D eigenvalue weighted by molar-refractivity contribution is 0.453. The maximum Gasteiger partial charge on any atom is 0.0355 e. The number of hydrogen-bond acceptors (Lipinski definition) is 3. The predicted octanol–water partition coefficient (Wildman–Crippen LogP) is 3.58. The molecule has 0 aromatic heterocycles. The smallest absolute Gasteiger partial charge is 0.0355 e. The molecule has 3 heteroatoms. The molecule has 0 saturated heterocycles. The summed E-state index contributed by atoms with van der Waals surface area (Å²) in [6.07, 6.45) is 13.5. The van der Waals surface area contributed by atoms with E-state index in [4.69, 9.17) is 11.5 Å². The van der Waals surface area contributed by atoms with Gasteiger partial charge in [0.25, 0.3) is 0 Å². The number of rotatable bonds is 6. The summed E-state index contributed by atoms with van der Waals surface area (Å²) in [6, 6.07) is 0. The molecule has 0 heterocycles. The second-order valence-corrected chi connectivity index (χ2v) is 5.94. The first-order valence-corrected chi connectivity index (χ1v) is 7.52. The summed E-state index contributed by atoms with van der Waals surface area (Å²) in [4.78, 5) is 2.22. The van der Waals surface area contributed by atoms with Crippen molar-refractivity contribution in [2.75, 3.05) is 13.6 Å². The fourth-order valence-electron chi connectivity index (χ4n) is 2.13. The van der Waals surface area contributed by atoms with Gasteiger partial charge < -0.3 is 16.4 Å². The highest BCUT2D eigenvalue weighted by Crippen LogP contribution is 2.15. The standard InChI is InChI=1S/C18H29N3/c1-14(2)6-5-7-15(3)10-11-21(4)18-9-8-16(19)12-17(20)13-18/h6,8,10,12-13H,5,7,9,11,19-20H2,1-4H3/b15-10+. The van der Waals surface area contributed by atoms with Crippen molar-refractivity contribution in [3.63, 3.8) is 0 Å². The van der Waals surface area contributed by atoms with Crippen molar-refractivity contribution in [2.45, 2.75) is 40.0 Å². The Kier molecular flexibility index (Phi) is 6.86. The Morgan fingerprint density at radius 3 is 2.52 bits per heavy atom. The van der Waals surface area contributed by atoms with E-state index in [1.54, 1.807) is 6.08 Å². The number of hydrogen-bond donors (Lipinski definition) is 2. The van der Waals surface area contributed by atoms with Crippen molar-refractivity contribution in [2.24, 2.45) is 11.5 Å². The zero-order valence-corrected chi connectivity index (χ0v) is 13.8. The molecule has 21 heavy (non-hydrogen) atoms. The zero-order chi connectivity index (χ0) is 15.8. The van der Waals surface area contributed by atoms with Crippen molar-refractivity contribution in [3.8, 4) is 0 Å². The highest BCUT2D eigenvalue weighted by Gasteiger charge is 2.06. The normalized spacial score (nSPS) is 15.6. The summed E-state index contributed by atoms with van der Waals surface area (Å²) in [7, 11) is 2.09. The van der Waals surface area contributed by atoms with Crippen LogP contribution in [-0.2, 0) is 0 Å². The molecular formula is C18H29N3. The minimum absolute atomic E-state index is 0.715. The Bertz CT molecular complexity index is 501. The zero-order valence-electron chi connectivity index (χ0n) is 13.8. The first-order valence-electron chi connectivity index (χ1n) is 7.52. The number of likely N-dealkylation sites (N-methyl/N-ethyl adjacent to an activating group) is 1. The SMILES string of the molecule is CC(C)=CCC/C(C)=C/CN(C)C1=CC(N)=CC(N)=CC1. The molecule has 116 valence electrons. The predicted molar refractivity (Wildman–Crippen MR) is 92.3 cm³/mol. The van der Waals surface area contributed by atoms with Crippen molar-refractivity contribution in [3.05, 3.63) is 58.6 Å². The van der Waals surface area contributed by atoms with Gasteiger partial charge in [-0.1, -0.05) is 29.4 Å². The van der Waals surface area contributed by atoms with Crippen molar-refractivity contribution in [1.82, 2.24) is 4.90 Å². The molecule has 0 unspecified atom stereocenters. The van der Waals surface area contributed by atoms with Gasteiger partial charge in [-0.2, -0.15) is 0 Å². The average molecular weight is 287 g/mol. The van der Waals surface area contributed by atoms with Crippen LogP contribution in [0, 0.1) is 0 Å². The van der Waals surface area contributed by atoms with E-state index in [9.17, 15) is 0 Å². The van der Waals surface area contributed by atoms with E-state index in [2.05, 4.69) is 44.9 Å². The molecule has 0 spiro atoms. The topological polar surface area (TPSA) is 55.3 Å². The fraction of sp³-hybridized carbons (Fsp3) is 0.444. The van der Waals surface area contributed by atoms with E-state index < -0.39 is 0 Å². The minimum Gasteiger partial charge on any atom is -0.399 e. The van der Waals surface area contributed by atoms with Gasteiger partial charge in [0.15, 0.2) is 0 Å². The number of nitrogens with two attached hydrogens (primary N) is 2. The van der Waals surface area contributed by atoms with Gasteiger partial charge in [0.1, 0.15) is 0 Å². The Morgan fingerprint density at radius 2 is 1.86 bits per heavy atom. The molecule has 0 saturated carbocycles. The van der Waals surface area contributed by atoms with Gasteiger partial charge in [0, 0.05) is 37.1 Å². The molecule has 0 aromatic rings. The maximum absolute atomic E-state index is 5.92. The van der Waals surface area contributed by atoms with Crippen molar-refractivity contribution < 1.29 is 0 Å². The minimum atomic E-state index is 0.715. The first-order chi connectivity index (χ1) is 9.88. The molecule has 4 N–H and O–H groups in total. The van der Waals surface area contributed by atoms with Crippen LogP contribution in [0.3, 0.4) is 0 Å². The van der Waals surface area contributed by atoms with Crippen LogP contribution in [0.1, 0.15) is 40.0 Å². The molecule has 1 rings (SSSR count). The molecule has 0 aliphatic heterocycles. The number of allylic oxidation sites excluding steroid dienone is 6. The maximum atomic E-state index is 5.92. The molecule has 3 nitrogen and oxygen atoms in total. The molecule has 1 aliphatic rings. The summed E-state index contributed by atoms with van der Waals surface area (Å²) in [6.45, 7) is 7.37. The summed E-state index contributed by atoms with van der Waals surface area (Å²) in [5, 5.41) is 0. The monoisotopic (exact) mass is 287 g/mol. The van der Waals surface area contributed by atoms with E-state index in [-0.39, 0.29) is 0 Å². The quantitative estimate of drug-likeness (QED) is 0.734. The molecule has 0 aromatic carbocycles. The first kappa shape index (κ1) is 17.2. The summed E-state index contributed by atoms with van der Waals surface area (Å²) in [5.41, 5.74) is 17.2. The molecule has 0 fully saturated rings. The molecule has 0 radical (unpaired) electrons. The highest BCUT2D eigenvalue weighted by molar-refractivity contribution is 5.33. The largest absolute Gasteiger partial charge is 0.399 e. The third-order valence-corrected chi connectivity index (χ3v) is 3.51. The lowest BCUT2D eigenvalue weighted by Gasteiger charge is -2.20. The van der Waals surface area contributed by atoms with Crippen LogP contribution in [0.15, 0.2) is 58.6 Å². The van der Waals surface area contributed by atoms with Crippen LogP contribution in [0.4, 0.5) is 0 Å². The third-order valence-electron chi connectivity index (χ3n) is 3.51. The third kappa shape index (κ3) is 6.89. The van der Waals surface area contributed by atoms with E-state index in [0.717, 1.165) is 31.5 Å². The fourth-order valence-corrected chi connectivity index (χ4v) is 2.13. The number of nitrogens with zero attached hydrogens (tertiary/aromatic N) is 1. The van der Waals surface area contributed by atoms with Gasteiger partial charge in [0.2, 0.25) is 0 Å². The molecular weight excluding hydrogens is 258 g/mol. The summed E-state index contributed by atoms with van der Waals surface area (Å²) < 4.78 is 0. The van der Waals surface area contributed by atoms with Crippen molar-refractivity contribution >= 4 is 0 Å². The van der Waals surface area contributed by atoms with Crippen molar-refractivity contribution in [1.29, 1.82) is 0 Å².